The summed E-state index contributed by atoms with van der Waals surface area (Å²) < 4.78 is 0. The fourth-order valence-electron chi connectivity index (χ4n) is 0.710. The first-order chi connectivity index (χ1) is 4.43. The van der Waals surface area contributed by atoms with E-state index < -0.39 is 0 Å². The number of hydrogen-bond donors (Lipinski definition) is 0. The summed E-state index contributed by atoms with van der Waals surface area (Å²) in [5, 5.41) is 0. The van der Waals surface area contributed by atoms with Crippen molar-refractivity contribution in [3.05, 3.63) is 35.9 Å². The summed E-state index contributed by atoms with van der Waals surface area (Å²) in [5.74, 6) is 0. The minimum absolute atomic E-state index is 0. The van der Waals surface area contributed by atoms with E-state index in [0.29, 0.717) is 6.42 Å². The molecule has 0 aliphatic rings. The predicted molar refractivity (Wildman–Crippen MR) is 44.2 cm³/mol. The Labute approximate surface area is 93.4 Å². The van der Waals surface area contributed by atoms with Gasteiger partial charge in [-0.2, -0.15) is 0 Å². The maximum absolute atomic E-state index is 9.97. The first kappa shape index (κ1) is 10.1. The Morgan fingerprint density at radius 3 is 2.40 bits per heavy atom. The molecule has 10 heavy (non-hydrogen) atoms. The molecule has 0 atom stereocenters. The molecule has 2 heteroatoms. The van der Waals surface area contributed by atoms with E-state index in [1.165, 1.54) is 0 Å². The van der Waals surface area contributed by atoms with Gasteiger partial charge in [-0.1, -0.05) is 30.3 Å². The van der Waals surface area contributed by atoms with E-state index in [-0.39, 0.29) is 40.6 Å². The van der Waals surface area contributed by atoms with Crippen molar-refractivity contribution >= 4 is 44.0 Å². The Bertz CT molecular complexity index is 192. The Kier molecular flexibility index (Phi) is 5.99. The summed E-state index contributed by atoms with van der Waals surface area (Å²) >= 11 is 0. The Hall–Kier alpha value is 0.150. The summed E-state index contributed by atoms with van der Waals surface area (Å²) in [6, 6.07) is 9.68. The molecular formula is C8H10CaO. The molecule has 0 bridgehead atoms. The van der Waals surface area contributed by atoms with Crippen molar-refractivity contribution in [2.45, 2.75) is 6.42 Å². The molecule has 1 rings (SSSR count). The fourth-order valence-corrected chi connectivity index (χ4v) is 0.710. The maximum atomic E-state index is 9.97. The van der Waals surface area contributed by atoms with Crippen LogP contribution in [0.5, 0.6) is 0 Å². The third-order valence-electron chi connectivity index (χ3n) is 1.16. The van der Waals surface area contributed by atoms with Gasteiger partial charge in [0.05, 0.1) is 0 Å². The average molecular weight is 162 g/mol. The molecule has 0 fully saturated rings. The minimum Gasteiger partial charge on any atom is -1.00 e. The SMILES string of the molecule is O=CCc1ccccc1.[Ca+2].[H-].[H-]. The van der Waals surface area contributed by atoms with Crippen molar-refractivity contribution in [2.75, 3.05) is 0 Å². The number of benzene rings is 1. The molecule has 0 aliphatic heterocycles. The van der Waals surface area contributed by atoms with E-state index >= 15 is 0 Å². The second-order valence-corrected chi connectivity index (χ2v) is 1.86. The van der Waals surface area contributed by atoms with Crippen LogP contribution >= 0.6 is 0 Å². The minimum atomic E-state index is 0. The molecule has 0 aliphatic carbocycles. The Morgan fingerprint density at radius 1 is 1.30 bits per heavy atom. The second-order valence-electron chi connectivity index (χ2n) is 1.86. The van der Waals surface area contributed by atoms with Crippen LogP contribution in [0.4, 0.5) is 0 Å². The van der Waals surface area contributed by atoms with E-state index in [0.717, 1.165) is 11.8 Å². The van der Waals surface area contributed by atoms with Gasteiger partial charge in [-0.3, -0.25) is 0 Å². The normalized spacial score (nSPS) is 8.00. The quantitative estimate of drug-likeness (QED) is 0.473. The third-order valence-corrected chi connectivity index (χ3v) is 1.16. The molecule has 50 valence electrons. The van der Waals surface area contributed by atoms with Gasteiger partial charge in [0.2, 0.25) is 0 Å². The maximum Gasteiger partial charge on any atom is 2.00 e. The van der Waals surface area contributed by atoms with E-state index in [4.69, 9.17) is 0 Å². The number of hydrogen-bond acceptors (Lipinski definition) is 1. The van der Waals surface area contributed by atoms with Crippen molar-refractivity contribution < 1.29 is 7.65 Å². The van der Waals surface area contributed by atoms with Crippen LogP contribution in [0.3, 0.4) is 0 Å². The van der Waals surface area contributed by atoms with Crippen LogP contribution in [0, 0.1) is 0 Å². The summed E-state index contributed by atoms with van der Waals surface area (Å²) in [6.07, 6.45) is 1.44. The van der Waals surface area contributed by atoms with Crippen LogP contribution in [-0.2, 0) is 11.2 Å². The topological polar surface area (TPSA) is 17.1 Å². The number of carbonyl (C=O) groups is 1. The van der Waals surface area contributed by atoms with Crippen LogP contribution < -0.4 is 0 Å². The molecule has 0 aromatic heterocycles. The molecule has 0 unspecified atom stereocenters. The summed E-state index contributed by atoms with van der Waals surface area (Å²) in [7, 11) is 0. The van der Waals surface area contributed by atoms with Gasteiger partial charge in [-0.25, -0.2) is 0 Å². The van der Waals surface area contributed by atoms with Crippen LogP contribution in [0.15, 0.2) is 30.3 Å². The molecule has 0 spiro atoms. The van der Waals surface area contributed by atoms with Crippen molar-refractivity contribution in [3.63, 3.8) is 0 Å². The molecule has 1 nitrogen and oxygen atoms in total. The molecular weight excluding hydrogens is 152 g/mol. The van der Waals surface area contributed by atoms with Gasteiger partial charge in [-0.05, 0) is 5.56 Å². The van der Waals surface area contributed by atoms with Gasteiger partial charge in [0, 0.05) is 6.42 Å². The van der Waals surface area contributed by atoms with Crippen molar-refractivity contribution in [1.82, 2.24) is 0 Å². The fraction of sp³-hybridized carbons (Fsp3) is 0.125. The first-order valence-corrected chi connectivity index (χ1v) is 2.91. The monoisotopic (exact) mass is 162 g/mol. The van der Waals surface area contributed by atoms with Crippen LogP contribution in [0.2, 0.25) is 0 Å². The molecule has 0 amide bonds. The molecule has 0 saturated heterocycles. The number of aldehydes is 1. The predicted octanol–water partition coefficient (Wildman–Crippen LogP) is 1.27. The van der Waals surface area contributed by atoms with Gasteiger partial charge < -0.3 is 7.65 Å². The van der Waals surface area contributed by atoms with Gasteiger partial charge in [0.1, 0.15) is 6.29 Å². The summed E-state index contributed by atoms with van der Waals surface area (Å²) in [4.78, 5) is 9.97. The molecule has 0 radical (unpaired) electrons. The number of carbonyl (C=O) groups excluding carboxylic acids is 1. The second kappa shape index (κ2) is 5.90. The molecule has 0 heterocycles. The zero-order chi connectivity index (χ0) is 6.53. The van der Waals surface area contributed by atoms with E-state index in [1.807, 2.05) is 30.3 Å². The smallest absolute Gasteiger partial charge is 1.00 e. The van der Waals surface area contributed by atoms with Crippen LogP contribution in [0.25, 0.3) is 0 Å². The zero-order valence-electron chi connectivity index (χ0n) is 7.79. The van der Waals surface area contributed by atoms with Gasteiger partial charge >= 0.3 is 37.7 Å². The van der Waals surface area contributed by atoms with Gasteiger partial charge in [-0.15, -0.1) is 0 Å². The van der Waals surface area contributed by atoms with Gasteiger partial charge in [0.15, 0.2) is 0 Å². The third kappa shape index (κ3) is 3.35. The first-order valence-electron chi connectivity index (χ1n) is 2.91. The molecule has 0 N–H and O–H groups in total. The van der Waals surface area contributed by atoms with E-state index in [2.05, 4.69) is 0 Å². The average Bonchev–Trinajstić information content (AvgIpc) is 1.91. The van der Waals surface area contributed by atoms with Crippen molar-refractivity contribution in [3.8, 4) is 0 Å². The van der Waals surface area contributed by atoms with E-state index in [1.54, 1.807) is 0 Å². The largest absolute Gasteiger partial charge is 2.00 e. The van der Waals surface area contributed by atoms with Crippen molar-refractivity contribution in [1.29, 1.82) is 0 Å². The Balaban J connectivity index is -0.000000270. The van der Waals surface area contributed by atoms with Gasteiger partial charge in [0.25, 0.3) is 0 Å². The number of rotatable bonds is 2. The summed E-state index contributed by atoms with van der Waals surface area (Å²) in [6.45, 7) is 0. The molecule has 1 aromatic carbocycles. The molecule has 0 saturated carbocycles. The van der Waals surface area contributed by atoms with Crippen LogP contribution in [0.1, 0.15) is 8.42 Å². The Morgan fingerprint density at radius 2 is 1.90 bits per heavy atom. The summed E-state index contributed by atoms with van der Waals surface area (Å²) in [5.41, 5.74) is 1.08. The zero-order valence-corrected chi connectivity index (χ0v) is 7.99. The van der Waals surface area contributed by atoms with Crippen LogP contribution in [-0.4, -0.2) is 44.0 Å². The molecule has 1 aromatic rings. The van der Waals surface area contributed by atoms with Crippen molar-refractivity contribution in [2.24, 2.45) is 0 Å². The van der Waals surface area contributed by atoms with E-state index in [9.17, 15) is 4.79 Å². The standard InChI is InChI=1S/C8H8O.Ca.2H/c9-7-6-8-4-2-1-3-5-8;;;/h1-5,7H,6H2;;;/q;+2;2*-1.